The van der Waals surface area contributed by atoms with Crippen LogP contribution < -0.4 is 5.32 Å². The van der Waals surface area contributed by atoms with E-state index in [4.69, 9.17) is 0 Å². The van der Waals surface area contributed by atoms with Crippen LogP contribution in [0.4, 0.5) is 4.39 Å². The SMILES string of the molecule is CCCCNC(=O)[C@H](Cc1ccccc1)N(Cc1ccc(F)cc1)C(=O)CCSc1ccccc1. The van der Waals surface area contributed by atoms with E-state index < -0.39 is 6.04 Å². The van der Waals surface area contributed by atoms with Crippen molar-refractivity contribution in [2.75, 3.05) is 12.3 Å². The second-order valence-electron chi connectivity index (χ2n) is 8.41. The van der Waals surface area contributed by atoms with Gasteiger partial charge >= 0.3 is 0 Å². The molecule has 2 amide bonds. The van der Waals surface area contributed by atoms with Crippen molar-refractivity contribution >= 4 is 23.6 Å². The summed E-state index contributed by atoms with van der Waals surface area (Å²) in [7, 11) is 0. The van der Waals surface area contributed by atoms with Gasteiger partial charge in [-0.25, -0.2) is 4.39 Å². The van der Waals surface area contributed by atoms with E-state index in [1.165, 1.54) is 12.1 Å². The number of carbonyl (C=O) groups is 2. The molecule has 184 valence electrons. The van der Waals surface area contributed by atoms with Gasteiger partial charge in [-0.2, -0.15) is 0 Å². The molecule has 0 fully saturated rings. The van der Waals surface area contributed by atoms with Crippen LogP contribution in [-0.2, 0) is 22.6 Å². The Morgan fingerprint density at radius 2 is 1.57 bits per heavy atom. The molecule has 0 aliphatic heterocycles. The molecule has 6 heteroatoms. The van der Waals surface area contributed by atoms with Crippen LogP contribution in [0.25, 0.3) is 0 Å². The number of rotatable bonds is 13. The van der Waals surface area contributed by atoms with Crippen LogP contribution in [0.15, 0.2) is 89.8 Å². The predicted molar refractivity (Wildman–Crippen MR) is 141 cm³/mol. The van der Waals surface area contributed by atoms with Crippen LogP contribution in [0.5, 0.6) is 0 Å². The second-order valence-corrected chi connectivity index (χ2v) is 9.58. The third-order valence-electron chi connectivity index (χ3n) is 5.69. The molecule has 0 aromatic heterocycles. The lowest BCUT2D eigenvalue weighted by molar-refractivity contribution is -0.141. The predicted octanol–water partition coefficient (Wildman–Crippen LogP) is 5.86. The second kappa shape index (κ2) is 14.3. The first kappa shape index (κ1) is 26.5. The fourth-order valence-electron chi connectivity index (χ4n) is 3.76. The van der Waals surface area contributed by atoms with E-state index in [0.29, 0.717) is 25.1 Å². The highest BCUT2D eigenvalue weighted by atomic mass is 32.2. The molecule has 3 aromatic rings. The molecule has 0 aliphatic rings. The van der Waals surface area contributed by atoms with Crippen LogP contribution in [0, 0.1) is 5.82 Å². The molecule has 0 radical (unpaired) electrons. The Labute approximate surface area is 211 Å². The summed E-state index contributed by atoms with van der Waals surface area (Å²) in [4.78, 5) is 29.6. The van der Waals surface area contributed by atoms with Gasteiger partial charge in [0.05, 0.1) is 0 Å². The third kappa shape index (κ3) is 8.87. The minimum atomic E-state index is -0.659. The minimum absolute atomic E-state index is 0.0932. The van der Waals surface area contributed by atoms with Crippen molar-refractivity contribution in [3.8, 4) is 0 Å². The van der Waals surface area contributed by atoms with Gasteiger partial charge in [-0.15, -0.1) is 11.8 Å². The zero-order valence-corrected chi connectivity index (χ0v) is 21.0. The third-order valence-corrected chi connectivity index (χ3v) is 6.71. The van der Waals surface area contributed by atoms with E-state index >= 15 is 0 Å². The summed E-state index contributed by atoms with van der Waals surface area (Å²) in [5.74, 6) is 0.0278. The van der Waals surface area contributed by atoms with Crippen LogP contribution >= 0.6 is 11.8 Å². The topological polar surface area (TPSA) is 49.4 Å². The summed E-state index contributed by atoms with van der Waals surface area (Å²) in [6.45, 7) is 2.89. The Hall–Kier alpha value is -3.12. The molecule has 0 bridgehead atoms. The molecule has 1 N–H and O–H groups in total. The average molecular weight is 493 g/mol. The molecule has 0 spiro atoms. The van der Waals surface area contributed by atoms with Gasteiger partial charge in [-0.05, 0) is 41.8 Å². The number of carbonyl (C=O) groups excluding carboxylic acids is 2. The first-order valence-corrected chi connectivity index (χ1v) is 13.1. The van der Waals surface area contributed by atoms with E-state index in [2.05, 4.69) is 12.2 Å². The molecule has 0 saturated heterocycles. The molecular weight excluding hydrogens is 459 g/mol. The van der Waals surface area contributed by atoms with Gasteiger partial charge in [0, 0.05) is 36.6 Å². The summed E-state index contributed by atoms with van der Waals surface area (Å²) in [6.07, 6.45) is 2.56. The lowest BCUT2D eigenvalue weighted by atomic mass is 10.0. The molecule has 0 aliphatic carbocycles. The standard InChI is InChI=1S/C29H33FN2O2S/c1-2-3-19-31-29(34)27(21-23-10-6-4-7-11-23)32(22-24-14-16-25(30)17-15-24)28(33)18-20-35-26-12-8-5-9-13-26/h4-17,27H,2-3,18-22H2,1H3,(H,31,34)/t27-/m0/s1. The Bertz CT molecular complexity index is 1050. The van der Waals surface area contributed by atoms with E-state index in [1.807, 2.05) is 60.7 Å². The quantitative estimate of drug-likeness (QED) is 0.240. The van der Waals surface area contributed by atoms with Gasteiger partial charge in [0.2, 0.25) is 11.8 Å². The van der Waals surface area contributed by atoms with Crippen LogP contribution in [-0.4, -0.2) is 35.1 Å². The fourth-order valence-corrected chi connectivity index (χ4v) is 4.63. The van der Waals surface area contributed by atoms with Gasteiger partial charge in [0.25, 0.3) is 0 Å². The van der Waals surface area contributed by atoms with Gasteiger partial charge in [-0.1, -0.05) is 74.0 Å². The Balaban J connectivity index is 1.82. The zero-order chi connectivity index (χ0) is 24.9. The van der Waals surface area contributed by atoms with Gasteiger partial charge in [0.15, 0.2) is 0 Å². The van der Waals surface area contributed by atoms with Crippen molar-refractivity contribution in [2.24, 2.45) is 0 Å². The Morgan fingerprint density at radius 3 is 2.23 bits per heavy atom. The summed E-state index contributed by atoms with van der Waals surface area (Å²) < 4.78 is 13.5. The van der Waals surface area contributed by atoms with Crippen molar-refractivity contribution in [1.29, 1.82) is 0 Å². The molecule has 35 heavy (non-hydrogen) atoms. The normalized spacial score (nSPS) is 11.6. The number of nitrogens with zero attached hydrogens (tertiary/aromatic N) is 1. The van der Waals surface area contributed by atoms with Crippen LogP contribution in [0.3, 0.4) is 0 Å². The summed E-state index contributed by atoms with van der Waals surface area (Å²) >= 11 is 1.62. The van der Waals surface area contributed by atoms with Gasteiger partial charge < -0.3 is 10.2 Å². The number of benzene rings is 3. The van der Waals surface area contributed by atoms with Crippen LogP contribution in [0.2, 0.25) is 0 Å². The molecule has 0 unspecified atom stereocenters. The zero-order valence-electron chi connectivity index (χ0n) is 20.2. The first-order valence-electron chi connectivity index (χ1n) is 12.1. The highest BCUT2D eigenvalue weighted by Crippen LogP contribution is 2.21. The maximum Gasteiger partial charge on any atom is 0.243 e. The van der Waals surface area contributed by atoms with Crippen molar-refractivity contribution in [2.45, 2.75) is 50.1 Å². The van der Waals surface area contributed by atoms with E-state index in [9.17, 15) is 14.0 Å². The largest absolute Gasteiger partial charge is 0.354 e. The lowest BCUT2D eigenvalue weighted by Gasteiger charge is -2.31. The summed E-state index contributed by atoms with van der Waals surface area (Å²) in [5.41, 5.74) is 1.77. The maximum absolute atomic E-state index is 13.5. The van der Waals surface area contributed by atoms with Crippen molar-refractivity contribution < 1.29 is 14.0 Å². The number of nitrogens with one attached hydrogen (secondary N) is 1. The number of thioether (sulfide) groups is 1. The molecule has 4 nitrogen and oxygen atoms in total. The molecule has 3 rings (SSSR count). The first-order chi connectivity index (χ1) is 17.1. The van der Waals surface area contributed by atoms with Gasteiger partial charge in [0.1, 0.15) is 11.9 Å². The minimum Gasteiger partial charge on any atom is -0.354 e. The van der Waals surface area contributed by atoms with Gasteiger partial charge in [-0.3, -0.25) is 9.59 Å². The molecule has 1 atom stereocenters. The summed E-state index contributed by atoms with van der Waals surface area (Å²) in [5, 5.41) is 3.02. The Kier molecular flexibility index (Phi) is 10.8. The molecule has 0 heterocycles. The van der Waals surface area contributed by atoms with Crippen LogP contribution in [0.1, 0.15) is 37.3 Å². The monoisotopic (exact) mass is 492 g/mol. The highest BCUT2D eigenvalue weighted by Gasteiger charge is 2.30. The Morgan fingerprint density at radius 1 is 0.914 bits per heavy atom. The maximum atomic E-state index is 13.5. The molecular formula is C29H33FN2O2S. The van der Waals surface area contributed by atoms with E-state index in [1.54, 1.807) is 28.8 Å². The van der Waals surface area contributed by atoms with E-state index in [0.717, 1.165) is 28.9 Å². The summed E-state index contributed by atoms with van der Waals surface area (Å²) in [6, 6.07) is 25.1. The van der Waals surface area contributed by atoms with Crippen molar-refractivity contribution in [3.05, 3.63) is 102 Å². The van der Waals surface area contributed by atoms with Crippen molar-refractivity contribution in [3.63, 3.8) is 0 Å². The molecule has 3 aromatic carbocycles. The molecule has 0 saturated carbocycles. The fraction of sp³-hybridized carbons (Fsp3) is 0.310. The number of hydrogen-bond acceptors (Lipinski definition) is 3. The van der Waals surface area contributed by atoms with E-state index in [-0.39, 0.29) is 24.2 Å². The number of unbranched alkanes of at least 4 members (excludes halogenated alkanes) is 1. The lowest BCUT2D eigenvalue weighted by Crippen LogP contribution is -2.50. The van der Waals surface area contributed by atoms with Crippen molar-refractivity contribution in [1.82, 2.24) is 10.2 Å². The smallest absolute Gasteiger partial charge is 0.243 e. The average Bonchev–Trinajstić information content (AvgIpc) is 2.88. The number of hydrogen-bond donors (Lipinski definition) is 1. The number of halogens is 1. The highest BCUT2D eigenvalue weighted by molar-refractivity contribution is 7.99. The number of amides is 2.